The minimum absolute atomic E-state index is 0.177. The van der Waals surface area contributed by atoms with Gasteiger partial charge < -0.3 is 14.6 Å². The molecule has 2 rings (SSSR count). The number of hydrogen-bond donors (Lipinski definition) is 1. The predicted octanol–water partition coefficient (Wildman–Crippen LogP) is 3.17. The number of phenols is 1. The van der Waals surface area contributed by atoms with Crippen LogP contribution in [-0.2, 0) is 0 Å². The summed E-state index contributed by atoms with van der Waals surface area (Å²) in [5.74, 6) is 1.91. The van der Waals surface area contributed by atoms with Gasteiger partial charge in [0.05, 0.1) is 18.4 Å². The molecule has 0 aliphatic heterocycles. The lowest BCUT2D eigenvalue weighted by atomic mass is 10.1. The van der Waals surface area contributed by atoms with Gasteiger partial charge in [0, 0.05) is 5.39 Å². The van der Waals surface area contributed by atoms with Gasteiger partial charge >= 0.3 is 0 Å². The van der Waals surface area contributed by atoms with Crippen molar-refractivity contribution in [2.24, 2.45) is 0 Å². The van der Waals surface area contributed by atoms with Crippen molar-refractivity contribution in [1.82, 2.24) is 0 Å². The molecule has 0 saturated heterocycles. The number of halogens is 1. The average molecular weight is 253 g/mol. The summed E-state index contributed by atoms with van der Waals surface area (Å²) >= 11 is 5.59. The third-order valence-corrected chi connectivity index (χ3v) is 2.65. The van der Waals surface area contributed by atoms with E-state index in [0.717, 1.165) is 5.39 Å². The summed E-state index contributed by atoms with van der Waals surface area (Å²) in [7, 11) is 1.57. The molecule has 0 bridgehead atoms. The zero-order valence-corrected chi connectivity index (χ0v) is 10.2. The molecule has 2 aromatic carbocycles. The fourth-order valence-corrected chi connectivity index (χ4v) is 1.85. The van der Waals surface area contributed by atoms with Gasteiger partial charge in [-0.1, -0.05) is 12.1 Å². The lowest BCUT2D eigenvalue weighted by Gasteiger charge is -2.11. The van der Waals surface area contributed by atoms with E-state index in [2.05, 4.69) is 0 Å². The molecule has 17 heavy (non-hydrogen) atoms. The maximum absolute atomic E-state index is 9.87. The molecule has 1 N–H and O–H groups in total. The Balaban J connectivity index is 2.60. The molecule has 0 amide bonds. The zero-order valence-electron chi connectivity index (χ0n) is 9.44. The predicted molar refractivity (Wildman–Crippen MR) is 68.4 cm³/mol. The summed E-state index contributed by atoms with van der Waals surface area (Å²) in [6.07, 6.45) is 0. The SMILES string of the molecule is COc1cccc2c(OCCCl)ccc(O)c12. The van der Waals surface area contributed by atoms with Crippen LogP contribution in [0.2, 0.25) is 0 Å². The van der Waals surface area contributed by atoms with Crippen LogP contribution in [-0.4, -0.2) is 24.7 Å². The Morgan fingerprint density at radius 1 is 1.18 bits per heavy atom. The molecule has 3 nitrogen and oxygen atoms in total. The van der Waals surface area contributed by atoms with Crippen LogP contribution in [0.25, 0.3) is 10.8 Å². The first kappa shape index (κ1) is 11.9. The molecule has 4 heteroatoms. The van der Waals surface area contributed by atoms with Crippen molar-refractivity contribution in [3.8, 4) is 17.2 Å². The van der Waals surface area contributed by atoms with E-state index in [1.165, 1.54) is 0 Å². The fourth-order valence-electron chi connectivity index (χ4n) is 1.77. The molecule has 2 aromatic rings. The number of fused-ring (bicyclic) bond motifs is 1. The van der Waals surface area contributed by atoms with Gasteiger partial charge in [0.1, 0.15) is 23.9 Å². The molecule has 0 fully saturated rings. The molecule has 0 aliphatic carbocycles. The van der Waals surface area contributed by atoms with E-state index in [1.807, 2.05) is 12.1 Å². The van der Waals surface area contributed by atoms with E-state index in [-0.39, 0.29) is 5.75 Å². The molecular weight excluding hydrogens is 240 g/mol. The monoisotopic (exact) mass is 252 g/mol. The van der Waals surface area contributed by atoms with Crippen molar-refractivity contribution in [2.45, 2.75) is 0 Å². The summed E-state index contributed by atoms with van der Waals surface area (Å²) < 4.78 is 10.8. The minimum atomic E-state index is 0.177. The van der Waals surface area contributed by atoms with E-state index in [1.54, 1.807) is 25.3 Å². The molecule has 0 aromatic heterocycles. The van der Waals surface area contributed by atoms with E-state index in [9.17, 15) is 5.11 Å². The normalized spacial score (nSPS) is 10.5. The highest BCUT2D eigenvalue weighted by Gasteiger charge is 2.10. The van der Waals surface area contributed by atoms with Gasteiger partial charge in [-0.25, -0.2) is 0 Å². The molecule has 0 atom stereocenters. The number of aromatic hydroxyl groups is 1. The molecule has 0 saturated carbocycles. The van der Waals surface area contributed by atoms with Crippen LogP contribution in [0.3, 0.4) is 0 Å². The summed E-state index contributed by atoms with van der Waals surface area (Å²) in [4.78, 5) is 0. The van der Waals surface area contributed by atoms with Crippen LogP contribution in [0.5, 0.6) is 17.2 Å². The lowest BCUT2D eigenvalue weighted by Crippen LogP contribution is -1.98. The zero-order chi connectivity index (χ0) is 12.3. The smallest absolute Gasteiger partial charge is 0.130 e. The summed E-state index contributed by atoms with van der Waals surface area (Å²) in [6, 6.07) is 8.85. The van der Waals surface area contributed by atoms with E-state index < -0.39 is 0 Å². The Morgan fingerprint density at radius 2 is 2.00 bits per heavy atom. The third kappa shape index (κ3) is 2.24. The second-order valence-electron chi connectivity index (χ2n) is 3.50. The highest BCUT2D eigenvalue weighted by atomic mass is 35.5. The number of ether oxygens (including phenoxy) is 2. The van der Waals surface area contributed by atoms with E-state index in [4.69, 9.17) is 21.1 Å². The Hall–Kier alpha value is -1.61. The Kier molecular flexibility index (Phi) is 3.59. The van der Waals surface area contributed by atoms with Gasteiger partial charge in [-0.05, 0) is 18.2 Å². The molecule has 0 unspecified atom stereocenters. The lowest BCUT2D eigenvalue weighted by molar-refractivity contribution is 0.346. The number of hydrogen-bond acceptors (Lipinski definition) is 3. The van der Waals surface area contributed by atoms with Crippen LogP contribution in [0.4, 0.5) is 0 Å². The molecular formula is C13H13ClO3. The Morgan fingerprint density at radius 3 is 2.71 bits per heavy atom. The van der Waals surface area contributed by atoms with Crippen molar-refractivity contribution in [3.05, 3.63) is 30.3 Å². The summed E-state index contributed by atoms with van der Waals surface area (Å²) in [5.41, 5.74) is 0. The number of alkyl halides is 1. The highest BCUT2D eigenvalue weighted by molar-refractivity contribution is 6.18. The van der Waals surface area contributed by atoms with E-state index >= 15 is 0 Å². The molecule has 0 aliphatic rings. The summed E-state index contributed by atoms with van der Waals surface area (Å²) in [6.45, 7) is 0.429. The molecule has 0 spiro atoms. The highest BCUT2D eigenvalue weighted by Crippen LogP contribution is 2.38. The quantitative estimate of drug-likeness (QED) is 0.850. The number of methoxy groups -OCH3 is 1. The van der Waals surface area contributed by atoms with Crippen molar-refractivity contribution in [3.63, 3.8) is 0 Å². The maximum atomic E-state index is 9.87. The third-order valence-electron chi connectivity index (χ3n) is 2.50. The van der Waals surface area contributed by atoms with Crippen molar-refractivity contribution in [1.29, 1.82) is 0 Å². The largest absolute Gasteiger partial charge is 0.507 e. The first-order chi connectivity index (χ1) is 8.27. The van der Waals surface area contributed by atoms with Gasteiger partial charge in [-0.15, -0.1) is 11.6 Å². The number of phenolic OH excluding ortho intramolecular Hbond substituents is 1. The first-order valence-corrected chi connectivity index (χ1v) is 5.79. The van der Waals surface area contributed by atoms with Crippen LogP contribution in [0.1, 0.15) is 0 Å². The molecule has 90 valence electrons. The van der Waals surface area contributed by atoms with E-state index in [0.29, 0.717) is 29.4 Å². The average Bonchev–Trinajstić information content (AvgIpc) is 2.37. The van der Waals surface area contributed by atoms with Crippen LogP contribution in [0, 0.1) is 0 Å². The van der Waals surface area contributed by atoms with Crippen molar-refractivity contribution >= 4 is 22.4 Å². The molecule has 0 heterocycles. The number of rotatable bonds is 4. The standard InChI is InChI=1S/C13H13ClO3/c1-16-12-4-2-3-9-11(17-8-7-14)6-5-10(15)13(9)12/h2-6,15H,7-8H2,1H3. The van der Waals surface area contributed by atoms with Gasteiger partial charge in [0.2, 0.25) is 0 Å². The summed E-state index contributed by atoms with van der Waals surface area (Å²) in [5, 5.41) is 11.3. The second-order valence-corrected chi connectivity index (χ2v) is 3.88. The number of benzene rings is 2. The van der Waals surface area contributed by atoms with Crippen molar-refractivity contribution in [2.75, 3.05) is 19.6 Å². The Bertz CT molecular complexity index is 525. The first-order valence-electron chi connectivity index (χ1n) is 5.25. The van der Waals surface area contributed by atoms with Crippen LogP contribution >= 0.6 is 11.6 Å². The minimum Gasteiger partial charge on any atom is -0.507 e. The van der Waals surface area contributed by atoms with Crippen molar-refractivity contribution < 1.29 is 14.6 Å². The second kappa shape index (κ2) is 5.15. The topological polar surface area (TPSA) is 38.7 Å². The fraction of sp³-hybridized carbons (Fsp3) is 0.231. The van der Waals surface area contributed by atoms with Crippen LogP contribution in [0.15, 0.2) is 30.3 Å². The van der Waals surface area contributed by atoms with Gasteiger partial charge in [-0.2, -0.15) is 0 Å². The van der Waals surface area contributed by atoms with Gasteiger partial charge in [-0.3, -0.25) is 0 Å². The van der Waals surface area contributed by atoms with Gasteiger partial charge in [0.25, 0.3) is 0 Å². The van der Waals surface area contributed by atoms with Crippen LogP contribution < -0.4 is 9.47 Å². The molecule has 0 radical (unpaired) electrons. The maximum Gasteiger partial charge on any atom is 0.130 e. The Labute approximate surface area is 105 Å². The van der Waals surface area contributed by atoms with Gasteiger partial charge in [0.15, 0.2) is 0 Å².